The van der Waals surface area contributed by atoms with Crippen LogP contribution in [-0.4, -0.2) is 44.4 Å². The Morgan fingerprint density at radius 1 is 1.19 bits per heavy atom. The van der Waals surface area contributed by atoms with Gasteiger partial charge >= 0.3 is 0 Å². The summed E-state index contributed by atoms with van der Waals surface area (Å²) in [7, 11) is -3.40. The van der Waals surface area contributed by atoms with Crippen LogP contribution in [-0.2, 0) is 16.4 Å². The molecule has 0 saturated heterocycles. The lowest BCUT2D eigenvalue weighted by atomic mass is 10.3. The Labute approximate surface area is 121 Å². The SMILES string of the molecule is CS(=O)(=O)c1nccn1Cc1nnnn1-c1ccccc1. The van der Waals surface area contributed by atoms with Crippen molar-refractivity contribution in [1.29, 1.82) is 0 Å². The van der Waals surface area contributed by atoms with Crippen LogP contribution in [0, 0.1) is 0 Å². The summed E-state index contributed by atoms with van der Waals surface area (Å²) in [6.07, 6.45) is 4.14. The predicted molar refractivity (Wildman–Crippen MR) is 73.6 cm³/mol. The molecule has 0 atom stereocenters. The average molecular weight is 304 g/mol. The first kappa shape index (κ1) is 13.4. The molecule has 0 unspecified atom stereocenters. The number of para-hydroxylation sites is 1. The molecule has 2 aromatic heterocycles. The number of hydrogen-bond donors (Lipinski definition) is 0. The number of rotatable bonds is 4. The van der Waals surface area contributed by atoms with E-state index in [-0.39, 0.29) is 11.7 Å². The van der Waals surface area contributed by atoms with Gasteiger partial charge in [0.25, 0.3) is 0 Å². The lowest BCUT2D eigenvalue weighted by molar-refractivity contribution is 0.572. The Balaban J connectivity index is 1.98. The van der Waals surface area contributed by atoms with Gasteiger partial charge in [-0.25, -0.2) is 13.4 Å². The molecule has 2 heterocycles. The molecule has 0 spiro atoms. The fraction of sp³-hybridized carbons (Fsp3) is 0.167. The first-order valence-electron chi connectivity index (χ1n) is 6.09. The second-order valence-electron chi connectivity index (χ2n) is 4.45. The van der Waals surface area contributed by atoms with Crippen molar-refractivity contribution in [3.8, 4) is 5.69 Å². The summed E-state index contributed by atoms with van der Waals surface area (Å²) in [5.41, 5.74) is 0.804. The number of nitrogens with zero attached hydrogens (tertiary/aromatic N) is 6. The molecule has 0 saturated carbocycles. The van der Waals surface area contributed by atoms with Gasteiger partial charge in [-0.05, 0) is 22.6 Å². The summed E-state index contributed by atoms with van der Waals surface area (Å²) in [4.78, 5) is 3.87. The molecule has 108 valence electrons. The largest absolute Gasteiger partial charge is 0.314 e. The maximum atomic E-state index is 11.7. The maximum Gasteiger partial charge on any atom is 0.227 e. The highest BCUT2D eigenvalue weighted by Gasteiger charge is 2.17. The minimum Gasteiger partial charge on any atom is -0.314 e. The van der Waals surface area contributed by atoms with Crippen molar-refractivity contribution in [3.05, 3.63) is 48.5 Å². The Hall–Kier alpha value is -2.55. The van der Waals surface area contributed by atoms with Gasteiger partial charge in [0.2, 0.25) is 15.0 Å². The zero-order valence-electron chi connectivity index (χ0n) is 11.2. The number of tetrazole rings is 1. The van der Waals surface area contributed by atoms with Gasteiger partial charge in [0.15, 0.2) is 5.82 Å². The van der Waals surface area contributed by atoms with Gasteiger partial charge in [0, 0.05) is 18.6 Å². The van der Waals surface area contributed by atoms with Gasteiger partial charge in [-0.3, -0.25) is 0 Å². The molecule has 0 fully saturated rings. The van der Waals surface area contributed by atoms with Crippen LogP contribution in [0.2, 0.25) is 0 Å². The van der Waals surface area contributed by atoms with Crippen LogP contribution >= 0.6 is 0 Å². The number of benzene rings is 1. The third kappa shape index (κ3) is 2.68. The van der Waals surface area contributed by atoms with Gasteiger partial charge in [-0.2, -0.15) is 4.68 Å². The van der Waals surface area contributed by atoms with E-state index in [9.17, 15) is 8.42 Å². The molecular formula is C12H12N6O2S. The Morgan fingerprint density at radius 3 is 2.67 bits per heavy atom. The smallest absolute Gasteiger partial charge is 0.227 e. The standard InChI is InChI=1S/C12H12N6O2S/c1-21(19,20)12-13-7-8-17(12)9-11-14-15-16-18(11)10-5-3-2-4-6-10/h2-8H,9H2,1H3. The average Bonchev–Trinajstić information content (AvgIpc) is 3.08. The summed E-state index contributed by atoms with van der Waals surface area (Å²) < 4.78 is 26.4. The van der Waals surface area contributed by atoms with Gasteiger partial charge in [0.05, 0.1) is 12.2 Å². The molecule has 0 radical (unpaired) electrons. The van der Waals surface area contributed by atoms with Crippen molar-refractivity contribution in [1.82, 2.24) is 29.8 Å². The number of sulfone groups is 1. The van der Waals surface area contributed by atoms with E-state index in [1.807, 2.05) is 30.3 Å². The molecule has 3 aromatic rings. The Kier molecular flexibility index (Phi) is 3.26. The summed E-state index contributed by atoms with van der Waals surface area (Å²) >= 11 is 0. The summed E-state index contributed by atoms with van der Waals surface area (Å²) in [5, 5.41) is 11.5. The molecule has 0 amide bonds. The van der Waals surface area contributed by atoms with E-state index >= 15 is 0 Å². The molecule has 0 aliphatic heterocycles. The van der Waals surface area contributed by atoms with E-state index in [2.05, 4.69) is 20.5 Å². The van der Waals surface area contributed by atoms with Crippen molar-refractivity contribution >= 4 is 9.84 Å². The fourth-order valence-corrected chi connectivity index (χ4v) is 2.77. The molecule has 21 heavy (non-hydrogen) atoms. The van der Waals surface area contributed by atoms with Crippen molar-refractivity contribution in [2.45, 2.75) is 11.7 Å². The highest BCUT2D eigenvalue weighted by atomic mass is 32.2. The van der Waals surface area contributed by atoms with E-state index in [4.69, 9.17) is 0 Å². The van der Waals surface area contributed by atoms with Gasteiger partial charge in [0.1, 0.15) is 0 Å². The molecule has 8 nitrogen and oxygen atoms in total. The van der Waals surface area contributed by atoms with Crippen LogP contribution in [0.3, 0.4) is 0 Å². The topological polar surface area (TPSA) is 95.6 Å². The van der Waals surface area contributed by atoms with Crippen molar-refractivity contribution < 1.29 is 8.42 Å². The van der Waals surface area contributed by atoms with Gasteiger partial charge < -0.3 is 4.57 Å². The van der Waals surface area contributed by atoms with Crippen LogP contribution in [0.5, 0.6) is 0 Å². The van der Waals surface area contributed by atoms with Crippen LogP contribution in [0.1, 0.15) is 5.82 Å². The minimum atomic E-state index is -3.40. The molecule has 0 aliphatic carbocycles. The van der Waals surface area contributed by atoms with Gasteiger partial charge in [-0.1, -0.05) is 18.2 Å². The summed E-state index contributed by atoms with van der Waals surface area (Å²) in [5.74, 6) is 0.518. The quantitative estimate of drug-likeness (QED) is 0.688. The second-order valence-corrected chi connectivity index (χ2v) is 6.36. The molecular weight excluding hydrogens is 292 g/mol. The fourth-order valence-electron chi connectivity index (χ4n) is 1.97. The zero-order valence-corrected chi connectivity index (χ0v) is 12.0. The third-order valence-electron chi connectivity index (χ3n) is 2.86. The highest BCUT2D eigenvalue weighted by molar-refractivity contribution is 7.90. The molecule has 0 bridgehead atoms. The van der Waals surface area contributed by atoms with Crippen LogP contribution < -0.4 is 0 Å². The van der Waals surface area contributed by atoms with Crippen molar-refractivity contribution in [2.75, 3.05) is 6.26 Å². The minimum absolute atomic E-state index is 0.00916. The molecule has 1 aromatic carbocycles. The van der Waals surface area contributed by atoms with Crippen molar-refractivity contribution in [3.63, 3.8) is 0 Å². The van der Waals surface area contributed by atoms with E-state index in [0.717, 1.165) is 11.9 Å². The van der Waals surface area contributed by atoms with E-state index in [0.29, 0.717) is 5.82 Å². The molecule has 0 N–H and O–H groups in total. The zero-order chi connectivity index (χ0) is 14.9. The lowest BCUT2D eigenvalue weighted by Crippen LogP contribution is -2.13. The summed E-state index contributed by atoms with van der Waals surface area (Å²) in [6, 6.07) is 9.38. The van der Waals surface area contributed by atoms with E-state index < -0.39 is 9.84 Å². The van der Waals surface area contributed by atoms with Crippen LogP contribution in [0.15, 0.2) is 47.9 Å². The molecule has 3 rings (SSSR count). The lowest BCUT2D eigenvalue weighted by Gasteiger charge is -2.07. The van der Waals surface area contributed by atoms with Crippen molar-refractivity contribution in [2.24, 2.45) is 0 Å². The number of hydrogen-bond acceptors (Lipinski definition) is 6. The Bertz CT molecular complexity index is 853. The number of imidazole rings is 1. The highest BCUT2D eigenvalue weighted by Crippen LogP contribution is 2.11. The summed E-state index contributed by atoms with van der Waals surface area (Å²) in [6.45, 7) is 0.213. The molecule has 9 heteroatoms. The monoisotopic (exact) mass is 304 g/mol. The van der Waals surface area contributed by atoms with Gasteiger partial charge in [-0.15, -0.1) is 5.10 Å². The third-order valence-corrected chi connectivity index (χ3v) is 3.86. The van der Waals surface area contributed by atoms with E-state index in [1.54, 1.807) is 10.9 Å². The molecule has 0 aliphatic rings. The first-order chi connectivity index (χ1) is 10.1. The van der Waals surface area contributed by atoms with E-state index in [1.165, 1.54) is 10.8 Å². The number of aromatic nitrogens is 6. The van der Waals surface area contributed by atoms with Crippen LogP contribution in [0.25, 0.3) is 5.69 Å². The van der Waals surface area contributed by atoms with Crippen LogP contribution in [0.4, 0.5) is 0 Å². The Morgan fingerprint density at radius 2 is 1.95 bits per heavy atom. The maximum absolute atomic E-state index is 11.7. The second kappa shape index (κ2) is 5.09. The first-order valence-corrected chi connectivity index (χ1v) is 7.99. The normalized spacial score (nSPS) is 11.7. The predicted octanol–water partition coefficient (Wildman–Crippen LogP) is 0.311.